The van der Waals surface area contributed by atoms with Crippen molar-refractivity contribution in [3.05, 3.63) is 72.4 Å². The van der Waals surface area contributed by atoms with Crippen LogP contribution in [0.15, 0.2) is 66.9 Å². The number of nitrogens with two attached hydrogens (primary N) is 1. The number of benzene rings is 2. The zero-order chi connectivity index (χ0) is 24.4. The number of anilines is 2. The maximum absolute atomic E-state index is 13.6. The average Bonchev–Trinajstić information content (AvgIpc) is 3.32. The molecular formula is C27H28N6O2. The number of fused-ring (bicyclic) bond motifs is 1. The highest BCUT2D eigenvalue weighted by molar-refractivity contribution is 6.13. The van der Waals surface area contributed by atoms with Gasteiger partial charge in [0, 0.05) is 31.1 Å². The lowest BCUT2D eigenvalue weighted by Gasteiger charge is -2.33. The second-order valence-corrected chi connectivity index (χ2v) is 8.75. The molecule has 2 aromatic carbocycles. The Bertz CT molecular complexity index is 1370. The summed E-state index contributed by atoms with van der Waals surface area (Å²) in [7, 11) is 0. The highest BCUT2D eigenvalue weighted by Gasteiger charge is 2.25. The number of primary amides is 1. The van der Waals surface area contributed by atoms with Gasteiger partial charge in [0.05, 0.1) is 34.2 Å². The van der Waals surface area contributed by atoms with Crippen molar-refractivity contribution in [3.63, 3.8) is 0 Å². The average molecular weight is 469 g/mol. The van der Waals surface area contributed by atoms with Crippen LogP contribution in [0.25, 0.3) is 22.3 Å². The Kier molecular flexibility index (Phi) is 6.18. The smallest absolute Gasteiger partial charge is 0.256 e. The molecule has 0 atom stereocenters. The highest BCUT2D eigenvalue weighted by Crippen LogP contribution is 2.31. The maximum atomic E-state index is 13.6. The molecule has 2 amide bonds. The van der Waals surface area contributed by atoms with Gasteiger partial charge in [0.1, 0.15) is 0 Å². The van der Waals surface area contributed by atoms with E-state index in [4.69, 9.17) is 10.7 Å². The summed E-state index contributed by atoms with van der Waals surface area (Å²) in [6.07, 6.45) is 3.12. The molecule has 0 aliphatic carbocycles. The van der Waals surface area contributed by atoms with E-state index in [-0.39, 0.29) is 17.7 Å². The summed E-state index contributed by atoms with van der Waals surface area (Å²) >= 11 is 0. The zero-order valence-corrected chi connectivity index (χ0v) is 19.6. The third-order valence-electron chi connectivity index (χ3n) is 6.61. The minimum Gasteiger partial charge on any atom is -0.370 e. The molecule has 1 fully saturated rings. The molecule has 1 aliphatic heterocycles. The molecule has 3 N–H and O–H groups in total. The Labute approximate surface area is 203 Å². The monoisotopic (exact) mass is 468 g/mol. The molecule has 1 saturated heterocycles. The second-order valence-electron chi connectivity index (χ2n) is 8.75. The molecule has 8 heteroatoms. The van der Waals surface area contributed by atoms with Gasteiger partial charge in [-0.3, -0.25) is 9.59 Å². The predicted molar refractivity (Wildman–Crippen MR) is 137 cm³/mol. The number of rotatable bonds is 6. The van der Waals surface area contributed by atoms with Gasteiger partial charge < -0.3 is 16.0 Å². The summed E-state index contributed by atoms with van der Waals surface area (Å²) in [5, 5.41) is 8.27. The third kappa shape index (κ3) is 4.47. The summed E-state index contributed by atoms with van der Waals surface area (Å²) in [5.41, 5.74) is 10.0. The fraction of sp³-hybridized carbons (Fsp3) is 0.259. The largest absolute Gasteiger partial charge is 0.370 e. The number of pyridine rings is 1. The zero-order valence-electron chi connectivity index (χ0n) is 19.6. The summed E-state index contributed by atoms with van der Waals surface area (Å²) in [4.78, 5) is 32.2. The SMILES string of the molecule is CCn1ncc2c(C(=O)Nc3ccccc3N3CCC(C(N)=O)CC3)cc(-c3ccccc3)nc21. The number of carbonyl (C=O) groups is 2. The van der Waals surface area contributed by atoms with Crippen LogP contribution in [0.5, 0.6) is 0 Å². The van der Waals surface area contributed by atoms with E-state index in [2.05, 4.69) is 15.3 Å². The van der Waals surface area contributed by atoms with Crippen LogP contribution in [-0.4, -0.2) is 39.7 Å². The molecule has 0 bridgehead atoms. The minimum atomic E-state index is -0.241. The number of amides is 2. The molecule has 0 saturated carbocycles. The van der Waals surface area contributed by atoms with E-state index in [0.717, 1.165) is 22.6 Å². The number of aromatic nitrogens is 3. The predicted octanol–water partition coefficient (Wildman–Crippen LogP) is 4.07. The van der Waals surface area contributed by atoms with Crippen LogP contribution in [0.3, 0.4) is 0 Å². The van der Waals surface area contributed by atoms with Gasteiger partial charge in [-0.1, -0.05) is 42.5 Å². The molecule has 0 radical (unpaired) electrons. The van der Waals surface area contributed by atoms with Gasteiger partial charge in [-0.15, -0.1) is 0 Å². The van der Waals surface area contributed by atoms with Crippen molar-refractivity contribution < 1.29 is 9.59 Å². The first-order valence-electron chi connectivity index (χ1n) is 11.9. The fourth-order valence-electron chi connectivity index (χ4n) is 4.67. The van der Waals surface area contributed by atoms with Gasteiger partial charge in [-0.2, -0.15) is 5.10 Å². The van der Waals surface area contributed by atoms with Crippen LogP contribution < -0.4 is 16.0 Å². The van der Waals surface area contributed by atoms with Gasteiger partial charge in [-0.25, -0.2) is 9.67 Å². The fourth-order valence-corrected chi connectivity index (χ4v) is 4.67. The first-order valence-corrected chi connectivity index (χ1v) is 11.9. The van der Waals surface area contributed by atoms with Gasteiger partial charge in [0.15, 0.2) is 5.65 Å². The highest BCUT2D eigenvalue weighted by atomic mass is 16.2. The molecule has 35 heavy (non-hydrogen) atoms. The normalized spacial score (nSPS) is 14.3. The summed E-state index contributed by atoms with van der Waals surface area (Å²) in [6.45, 7) is 4.07. The molecule has 0 spiro atoms. The van der Waals surface area contributed by atoms with E-state index in [1.54, 1.807) is 10.9 Å². The van der Waals surface area contributed by atoms with Crippen LogP contribution in [0.2, 0.25) is 0 Å². The molecule has 5 rings (SSSR count). The van der Waals surface area contributed by atoms with Crippen LogP contribution in [0, 0.1) is 5.92 Å². The number of nitrogens with one attached hydrogen (secondary N) is 1. The molecule has 178 valence electrons. The number of aryl methyl sites for hydroxylation is 1. The van der Waals surface area contributed by atoms with Crippen molar-refractivity contribution in [1.29, 1.82) is 0 Å². The lowest BCUT2D eigenvalue weighted by atomic mass is 9.96. The minimum absolute atomic E-state index is 0.0929. The standard InChI is InChI=1S/C27H28N6O2/c1-2-33-26-21(17-29-33)20(16-23(30-26)18-8-4-3-5-9-18)27(35)31-22-10-6-7-11-24(22)32-14-12-19(13-15-32)25(28)34/h3-11,16-17,19H,2,12-15H2,1H3,(H2,28,34)(H,31,35). The van der Waals surface area contributed by atoms with Crippen molar-refractivity contribution in [1.82, 2.24) is 14.8 Å². The molecular weight excluding hydrogens is 440 g/mol. The van der Waals surface area contributed by atoms with E-state index in [1.165, 1.54) is 0 Å². The van der Waals surface area contributed by atoms with Crippen LogP contribution in [-0.2, 0) is 11.3 Å². The third-order valence-corrected chi connectivity index (χ3v) is 6.61. The molecule has 4 aromatic rings. The van der Waals surface area contributed by atoms with E-state index in [0.29, 0.717) is 49.1 Å². The van der Waals surface area contributed by atoms with Crippen molar-refractivity contribution in [2.24, 2.45) is 11.7 Å². The molecule has 3 heterocycles. The lowest BCUT2D eigenvalue weighted by Crippen LogP contribution is -2.38. The van der Waals surface area contributed by atoms with Crippen molar-refractivity contribution in [2.45, 2.75) is 26.3 Å². The molecule has 8 nitrogen and oxygen atoms in total. The number of para-hydroxylation sites is 2. The van der Waals surface area contributed by atoms with Gasteiger partial charge >= 0.3 is 0 Å². The van der Waals surface area contributed by atoms with Crippen molar-refractivity contribution in [2.75, 3.05) is 23.3 Å². The molecule has 0 unspecified atom stereocenters. The Morgan fingerprint density at radius 3 is 2.49 bits per heavy atom. The van der Waals surface area contributed by atoms with Crippen molar-refractivity contribution >= 4 is 34.2 Å². The van der Waals surface area contributed by atoms with Crippen molar-refractivity contribution in [3.8, 4) is 11.3 Å². The Morgan fingerprint density at radius 2 is 1.77 bits per heavy atom. The second kappa shape index (κ2) is 9.58. The lowest BCUT2D eigenvalue weighted by molar-refractivity contribution is -0.122. The maximum Gasteiger partial charge on any atom is 0.256 e. The van der Waals surface area contributed by atoms with E-state index < -0.39 is 0 Å². The number of piperidine rings is 1. The number of nitrogens with zero attached hydrogens (tertiary/aromatic N) is 4. The quantitative estimate of drug-likeness (QED) is 0.444. The van der Waals surface area contributed by atoms with Gasteiger partial charge in [0.25, 0.3) is 5.91 Å². The van der Waals surface area contributed by atoms with Gasteiger partial charge in [0.2, 0.25) is 5.91 Å². The Hall–Kier alpha value is -4.20. The molecule has 1 aliphatic rings. The number of hydrogen-bond acceptors (Lipinski definition) is 5. The van der Waals surface area contributed by atoms with Gasteiger partial charge in [-0.05, 0) is 38.0 Å². The summed E-state index contributed by atoms with van der Waals surface area (Å²) in [5.74, 6) is -0.552. The van der Waals surface area contributed by atoms with E-state index in [9.17, 15) is 9.59 Å². The summed E-state index contributed by atoms with van der Waals surface area (Å²) in [6, 6.07) is 19.4. The van der Waals surface area contributed by atoms with Crippen LogP contribution in [0.4, 0.5) is 11.4 Å². The number of hydrogen-bond donors (Lipinski definition) is 2. The van der Waals surface area contributed by atoms with Crippen LogP contribution >= 0.6 is 0 Å². The summed E-state index contributed by atoms with van der Waals surface area (Å²) < 4.78 is 1.80. The Morgan fingerprint density at radius 1 is 1.06 bits per heavy atom. The van der Waals surface area contributed by atoms with Crippen LogP contribution in [0.1, 0.15) is 30.1 Å². The molecule has 2 aromatic heterocycles. The van der Waals surface area contributed by atoms with E-state index >= 15 is 0 Å². The number of carbonyl (C=O) groups excluding carboxylic acids is 2. The first kappa shape index (κ1) is 22.6. The first-order chi connectivity index (χ1) is 17.0. The Balaban J connectivity index is 1.48. The van der Waals surface area contributed by atoms with E-state index in [1.807, 2.05) is 67.6 Å². The topological polar surface area (TPSA) is 106 Å².